The van der Waals surface area contributed by atoms with Gasteiger partial charge >= 0.3 is 5.97 Å². The maximum Gasteiger partial charge on any atom is 0.335 e. The van der Waals surface area contributed by atoms with Gasteiger partial charge in [0.2, 0.25) is 0 Å². The monoisotopic (exact) mass is 256 g/mol. The molecule has 4 heteroatoms. The predicted octanol–water partition coefficient (Wildman–Crippen LogP) is 2.69. The van der Waals surface area contributed by atoms with Crippen LogP contribution in [0.1, 0.15) is 15.9 Å². The maximum absolute atomic E-state index is 10.9. The van der Waals surface area contributed by atoms with Crippen molar-refractivity contribution in [1.29, 1.82) is 0 Å². The Labute approximate surface area is 109 Å². The summed E-state index contributed by atoms with van der Waals surface area (Å²) in [6, 6.07) is 10.1. The third-order valence-electron chi connectivity index (χ3n) is 3.25. The SMILES string of the molecule is O=C(O)c1ccc(-c2cccc3c2OCC3)c(O)c1. The Morgan fingerprint density at radius 3 is 2.74 bits per heavy atom. The molecular formula is C15H12O4. The number of carboxylic acid groups (broad SMARTS) is 1. The van der Waals surface area contributed by atoms with E-state index in [1.165, 1.54) is 12.1 Å². The molecule has 2 N–H and O–H groups in total. The van der Waals surface area contributed by atoms with E-state index in [1.54, 1.807) is 6.07 Å². The lowest BCUT2D eigenvalue weighted by atomic mass is 9.99. The summed E-state index contributed by atoms with van der Waals surface area (Å²) in [5, 5.41) is 18.9. The van der Waals surface area contributed by atoms with Crippen LogP contribution in [0.3, 0.4) is 0 Å². The molecule has 96 valence electrons. The van der Waals surface area contributed by atoms with Crippen LogP contribution in [-0.2, 0) is 6.42 Å². The summed E-state index contributed by atoms with van der Waals surface area (Å²) in [6.45, 7) is 0.639. The Morgan fingerprint density at radius 1 is 1.16 bits per heavy atom. The van der Waals surface area contributed by atoms with E-state index in [0.29, 0.717) is 12.2 Å². The zero-order chi connectivity index (χ0) is 13.4. The van der Waals surface area contributed by atoms with Crippen molar-refractivity contribution in [2.24, 2.45) is 0 Å². The number of benzene rings is 2. The van der Waals surface area contributed by atoms with Gasteiger partial charge in [0.15, 0.2) is 0 Å². The molecule has 4 nitrogen and oxygen atoms in total. The number of aromatic hydroxyl groups is 1. The first-order chi connectivity index (χ1) is 9.16. The minimum atomic E-state index is -1.06. The van der Waals surface area contributed by atoms with Gasteiger partial charge in [0.1, 0.15) is 11.5 Å². The fourth-order valence-corrected chi connectivity index (χ4v) is 2.32. The predicted molar refractivity (Wildman–Crippen MR) is 69.7 cm³/mol. The van der Waals surface area contributed by atoms with Crippen molar-refractivity contribution in [3.63, 3.8) is 0 Å². The van der Waals surface area contributed by atoms with Crippen molar-refractivity contribution >= 4 is 5.97 Å². The highest BCUT2D eigenvalue weighted by molar-refractivity contribution is 5.90. The van der Waals surface area contributed by atoms with Crippen LogP contribution in [0, 0.1) is 0 Å². The molecule has 0 atom stereocenters. The molecule has 0 radical (unpaired) electrons. The lowest BCUT2D eigenvalue weighted by Gasteiger charge is -2.10. The van der Waals surface area contributed by atoms with Crippen LogP contribution in [0.15, 0.2) is 36.4 Å². The molecule has 0 bridgehead atoms. The second-order valence-corrected chi connectivity index (χ2v) is 4.43. The number of phenols is 1. The summed E-state index contributed by atoms with van der Waals surface area (Å²) in [6.07, 6.45) is 0.858. The van der Waals surface area contributed by atoms with Gasteiger partial charge in [-0.3, -0.25) is 0 Å². The molecule has 0 spiro atoms. The van der Waals surface area contributed by atoms with Crippen LogP contribution in [0.5, 0.6) is 11.5 Å². The second kappa shape index (κ2) is 4.31. The van der Waals surface area contributed by atoms with Gasteiger partial charge in [-0.05, 0) is 23.8 Å². The Kier molecular flexibility index (Phi) is 2.63. The summed E-state index contributed by atoms with van der Waals surface area (Å²) in [5.41, 5.74) is 2.56. The third-order valence-corrected chi connectivity index (χ3v) is 3.25. The van der Waals surface area contributed by atoms with Crippen molar-refractivity contribution in [3.8, 4) is 22.6 Å². The smallest absolute Gasteiger partial charge is 0.335 e. The summed E-state index contributed by atoms with van der Waals surface area (Å²) in [7, 11) is 0. The van der Waals surface area contributed by atoms with Gasteiger partial charge in [-0.15, -0.1) is 0 Å². The number of para-hydroxylation sites is 1. The first kappa shape index (κ1) is 11.6. The summed E-state index contributed by atoms with van der Waals surface area (Å²) >= 11 is 0. The van der Waals surface area contributed by atoms with Crippen molar-refractivity contribution < 1.29 is 19.7 Å². The number of ether oxygens (including phenoxy) is 1. The van der Waals surface area contributed by atoms with Gasteiger partial charge in [-0.25, -0.2) is 4.79 Å². The van der Waals surface area contributed by atoms with Crippen LogP contribution in [-0.4, -0.2) is 22.8 Å². The molecule has 0 saturated heterocycles. The molecule has 1 heterocycles. The van der Waals surface area contributed by atoms with Crippen molar-refractivity contribution in [2.75, 3.05) is 6.61 Å². The number of fused-ring (bicyclic) bond motifs is 1. The lowest BCUT2D eigenvalue weighted by molar-refractivity contribution is 0.0696. The van der Waals surface area contributed by atoms with E-state index < -0.39 is 5.97 Å². The average molecular weight is 256 g/mol. The molecule has 0 saturated carbocycles. The molecule has 0 aliphatic carbocycles. The first-order valence-electron chi connectivity index (χ1n) is 5.98. The lowest BCUT2D eigenvalue weighted by Crippen LogP contribution is -1.96. The molecule has 0 amide bonds. The van der Waals surface area contributed by atoms with Crippen LogP contribution in [0.4, 0.5) is 0 Å². The fourth-order valence-electron chi connectivity index (χ4n) is 2.32. The van der Waals surface area contributed by atoms with Crippen LogP contribution in [0.2, 0.25) is 0 Å². The topological polar surface area (TPSA) is 66.8 Å². The molecule has 3 rings (SSSR count). The Balaban J connectivity index is 2.13. The Bertz CT molecular complexity index is 661. The zero-order valence-electron chi connectivity index (χ0n) is 10.1. The van der Waals surface area contributed by atoms with Crippen molar-refractivity contribution in [1.82, 2.24) is 0 Å². The second-order valence-electron chi connectivity index (χ2n) is 4.43. The van der Waals surface area contributed by atoms with E-state index in [2.05, 4.69) is 0 Å². The molecule has 19 heavy (non-hydrogen) atoms. The number of carbonyl (C=O) groups is 1. The van der Waals surface area contributed by atoms with Gasteiger partial charge in [0, 0.05) is 17.5 Å². The van der Waals surface area contributed by atoms with Crippen LogP contribution < -0.4 is 4.74 Å². The number of hydrogen-bond donors (Lipinski definition) is 2. The van der Waals surface area contributed by atoms with Crippen LogP contribution >= 0.6 is 0 Å². The highest BCUT2D eigenvalue weighted by atomic mass is 16.5. The molecule has 0 unspecified atom stereocenters. The number of aromatic carboxylic acids is 1. The van der Waals surface area contributed by atoms with E-state index in [-0.39, 0.29) is 11.3 Å². The highest BCUT2D eigenvalue weighted by Crippen LogP contribution is 2.40. The van der Waals surface area contributed by atoms with E-state index in [9.17, 15) is 9.90 Å². The van der Waals surface area contributed by atoms with Gasteiger partial charge in [-0.2, -0.15) is 0 Å². The summed E-state index contributed by atoms with van der Waals surface area (Å²) in [5.74, 6) is -0.332. The van der Waals surface area contributed by atoms with E-state index in [1.807, 2.05) is 18.2 Å². The minimum Gasteiger partial charge on any atom is -0.507 e. The third kappa shape index (κ3) is 1.91. The van der Waals surface area contributed by atoms with Crippen LogP contribution in [0.25, 0.3) is 11.1 Å². The fraction of sp³-hybridized carbons (Fsp3) is 0.133. The first-order valence-corrected chi connectivity index (χ1v) is 5.98. The van der Waals surface area contributed by atoms with Gasteiger partial charge in [-0.1, -0.05) is 18.2 Å². The van der Waals surface area contributed by atoms with Gasteiger partial charge < -0.3 is 14.9 Å². The van der Waals surface area contributed by atoms with E-state index in [0.717, 1.165) is 23.3 Å². The molecule has 0 aromatic heterocycles. The molecule has 1 aliphatic heterocycles. The molecule has 1 aliphatic rings. The number of carboxylic acids is 1. The van der Waals surface area contributed by atoms with Gasteiger partial charge in [0.05, 0.1) is 12.2 Å². The summed E-state index contributed by atoms with van der Waals surface area (Å²) in [4.78, 5) is 10.9. The quantitative estimate of drug-likeness (QED) is 0.867. The molecule has 2 aromatic carbocycles. The van der Waals surface area contributed by atoms with Gasteiger partial charge in [0.25, 0.3) is 0 Å². The average Bonchev–Trinajstić information content (AvgIpc) is 2.86. The largest absolute Gasteiger partial charge is 0.507 e. The summed E-state index contributed by atoms with van der Waals surface area (Å²) < 4.78 is 5.59. The maximum atomic E-state index is 10.9. The Morgan fingerprint density at radius 2 is 2.00 bits per heavy atom. The number of rotatable bonds is 2. The van der Waals surface area contributed by atoms with Crippen molar-refractivity contribution in [3.05, 3.63) is 47.5 Å². The normalized spacial score (nSPS) is 12.8. The molecular weight excluding hydrogens is 244 g/mol. The van der Waals surface area contributed by atoms with E-state index in [4.69, 9.17) is 9.84 Å². The highest BCUT2D eigenvalue weighted by Gasteiger charge is 2.19. The van der Waals surface area contributed by atoms with E-state index >= 15 is 0 Å². The standard InChI is InChI=1S/C15H12O4/c16-13-8-10(15(17)18)4-5-11(13)12-3-1-2-9-6-7-19-14(9)12/h1-5,8,16H,6-7H2,(H,17,18). The zero-order valence-corrected chi connectivity index (χ0v) is 10.1. The number of phenolic OH excluding ortho intramolecular Hbond substituents is 1. The van der Waals surface area contributed by atoms with Crippen molar-refractivity contribution in [2.45, 2.75) is 6.42 Å². The minimum absolute atomic E-state index is 0.0520. The Hall–Kier alpha value is -2.49. The number of hydrogen-bond acceptors (Lipinski definition) is 3. The molecule has 0 fully saturated rings. The molecule has 2 aromatic rings.